The SMILES string of the molecule is CC1CCCCC1Nc1ncc(Br)cc1Br. The second-order valence-corrected chi connectivity index (χ2v) is 6.27. The van der Waals surface area contributed by atoms with Crippen LogP contribution in [0.4, 0.5) is 5.82 Å². The molecule has 88 valence electrons. The summed E-state index contributed by atoms with van der Waals surface area (Å²) in [5.74, 6) is 1.70. The van der Waals surface area contributed by atoms with Gasteiger partial charge in [-0.05, 0) is 56.7 Å². The number of nitrogens with one attached hydrogen (secondary N) is 1. The topological polar surface area (TPSA) is 24.9 Å². The van der Waals surface area contributed by atoms with Crippen molar-refractivity contribution in [1.29, 1.82) is 0 Å². The molecule has 1 N–H and O–H groups in total. The molecule has 2 rings (SSSR count). The average Bonchev–Trinajstić information content (AvgIpc) is 2.25. The van der Waals surface area contributed by atoms with E-state index in [0.29, 0.717) is 6.04 Å². The second-order valence-electron chi connectivity index (χ2n) is 4.50. The molecule has 16 heavy (non-hydrogen) atoms. The minimum absolute atomic E-state index is 0.568. The number of nitrogens with zero attached hydrogens (tertiary/aromatic N) is 1. The summed E-state index contributed by atoms with van der Waals surface area (Å²) < 4.78 is 2.03. The van der Waals surface area contributed by atoms with Gasteiger partial charge in [0.2, 0.25) is 0 Å². The molecule has 4 heteroatoms. The maximum Gasteiger partial charge on any atom is 0.140 e. The van der Waals surface area contributed by atoms with Crippen LogP contribution in [0, 0.1) is 5.92 Å². The molecule has 2 atom stereocenters. The fourth-order valence-corrected chi connectivity index (χ4v) is 3.33. The monoisotopic (exact) mass is 346 g/mol. The lowest BCUT2D eigenvalue weighted by Crippen LogP contribution is -2.30. The number of anilines is 1. The molecule has 1 saturated carbocycles. The molecule has 0 aromatic carbocycles. The molecule has 0 aliphatic heterocycles. The van der Waals surface area contributed by atoms with Gasteiger partial charge in [0.15, 0.2) is 0 Å². The van der Waals surface area contributed by atoms with Crippen LogP contribution in [0.2, 0.25) is 0 Å². The minimum atomic E-state index is 0.568. The van der Waals surface area contributed by atoms with Crippen molar-refractivity contribution in [3.05, 3.63) is 21.2 Å². The third kappa shape index (κ3) is 2.98. The third-order valence-electron chi connectivity index (χ3n) is 3.24. The number of rotatable bonds is 2. The minimum Gasteiger partial charge on any atom is -0.366 e. The smallest absolute Gasteiger partial charge is 0.140 e. The van der Waals surface area contributed by atoms with Gasteiger partial charge in [-0.15, -0.1) is 0 Å². The Morgan fingerprint density at radius 3 is 2.75 bits per heavy atom. The number of hydrogen-bond donors (Lipinski definition) is 1. The summed E-state index contributed by atoms with van der Waals surface area (Å²) in [7, 11) is 0. The first-order valence-electron chi connectivity index (χ1n) is 5.74. The number of hydrogen-bond acceptors (Lipinski definition) is 2. The van der Waals surface area contributed by atoms with E-state index in [1.54, 1.807) is 0 Å². The highest BCUT2D eigenvalue weighted by molar-refractivity contribution is 9.11. The first-order chi connectivity index (χ1) is 7.66. The lowest BCUT2D eigenvalue weighted by Gasteiger charge is -2.30. The molecule has 0 amide bonds. The number of aromatic nitrogens is 1. The van der Waals surface area contributed by atoms with Crippen LogP contribution in [0.25, 0.3) is 0 Å². The number of halogens is 2. The molecule has 0 bridgehead atoms. The van der Waals surface area contributed by atoms with Crippen molar-refractivity contribution < 1.29 is 0 Å². The summed E-state index contributed by atoms with van der Waals surface area (Å²) in [6, 6.07) is 2.60. The normalized spacial score (nSPS) is 25.4. The highest BCUT2D eigenvalue weighted by Crippen LogP contribution is 2.29. The van der Waals surface area contributed by atoms with Crippen LogP contribution in [0.3, 0.4) is 0 Å². The third-order valence-corrected chi connectivity index (χ3v) is 4.28. The Balaban J connectivity index is 2.07. The highest BCUT2D eigenvalue weighted by atomic mass is 79.9. The molecule has 1 aliphatic carbocycles. The van der Waals surface area contributed by atoms with Crippen molar-refractivity contribution in [2.45, 2.75) is 38.6 Å². The van der Waals surface area contributed by atoms with Crippen molar-refractivity contribution in [3.63, 3.8) is 0 Å². The van der Waals surface area contributed by atoms with Crippen LogP contribution >= 0.6 is 31.9 Å². The first kappa shape index (κ1) is 12.4. The van der Waals surface area contributed by atoms with Gasteiger partial charge in [0, 0.05) is 16.7 Å². The van der Waals surface area contributed by atoms with E-state index < -0.39 is 0 Å². The van der Waals surface area contributed by atoms with Crippen LogP contribution in [-0.4, -0.2) is 11.0 Å². The molecule has 2 unspecified atom stereocenters. The maximum absolute atomic E-state index is 4.40. The second kappa shape index (κ2) is 5.50. The fourth-order valence-electron chi connectivity index (χ4n) is 2.23. The van der Waals surface area contributed by atoms with Gasteiger partial charge in [0.05, 0.1) is 4.47 Å². The molecule has 0 spiro atoms. The van der Waals surface area contributed by atoms with Gasteiger partial charge in [-0.1, -0.05) is 19.8 Å². The van der Waals surface area contributed by atoms with Gasteiger partial charge >= 0.3 is 0 Å². The van der Waals surface area contributed by atoms with E-state index in [1.165, 1.54) is 25.7 Å². The lowest BCUT2D eigenvalue weighted by atomic mass is 9.86. The molecular weight excluding hydrogens is 332 g/mol. The highest BCUT2D eigenvalue weighted by Gasteiger charge is 2.21. The largest absolute Gasteiger partial charge is 0.366 e. The van der Waals surface area contributed by atoms with Crippen LogP contribution in [-0.2, 0) is 0 Å². The summed E-state index contributed by atoms with van der Waals surface area (Å²) in [5.41, 5.74) is 0. The van der Waals surface area contributed by atoms with Gasteiger partial charge in [-0.3, -0.25) is 0 Å². The Morgan fingerprint density at radius 1 is 1.31 bits per heavy atom. The lowest BCUT2D eigenvalue weighted by molar-refractivity contribution is 0.349. The summed E-state index contributed by atoms with van der Waals surface area (Å²) in [6.45, 7) is 2.32. The van der Waals surface area contributed by atoms with Crippen LogP contribution in [0.1, 0.15) is 32.6 Å². The Morgan fingerprint density at radius 2 is 2.06 bits per heavy atom. The standard InChI is InChI=1S/C12H16Br2N2/c1-8-4-2-3-5-11(8)16-12-10(14)6-9(13)7-15-12/h6-8,11H,2-5H2,1H3,(H,15,16). The molecule has 1 aromatic heterocycles. The van der Waals surface area contributed by atoms with Gasteiger partial charge in [0.1, 0.15) is 5.82 Å². The maximum atomic E-state index is 4.40. The van der Waals surface area contributed by atoms with Crippen molar-refractivity contribution >= 4 is 37.7 Å². The van der Waals surface area contributed by atoms with E-state index in [9.17, 15) is 0 Å². The van der Waals surface area contributed by atoms with E-state index in [4.69, 9.17) is 0 Å². The van der Waals surface area contributed by atoms with Gasteiger partial charge < -0.3 is 5.32 Å². The first-order valence-corrected chi connectivity index (χ1v) is 7.33. The summed E-state index contributed by atoms with van der Waals surface area (Å²) >= 11 is 6.95. The molecule has 1 fully saturated rings. The predicted octanol–water partition coefficient (Wildman–Crippen LogP) is 4.60. The number of pyridine rings is 1. The van der Waals surface area contributed by atoms with E-state index >= 15 is 0 Å². The summed E-state index contributed by atoms with van der Waals surface area (Å²) in [5, 5.41) is 3.55. The van der Waals surface area contributed by atoms with Crippen molar-refractivity contribution in [3.8, 4) is 0 Å². The predicted molar refractivity (Wildman–Crippen MR) is 74.7 cm³/mol. The molecule has 0 radical (unpaired) electrons. The summed E-state index contributed by atoms with van der Waals surface area (Å²) in [4.78, 5) is 4.40. The quantitative estimate of drug-likeness (QED) is 0.845. The zero-order valence-corrected chi connectivity index (χ0v) is 12.5. The fraction of sp³-hybridized carbons (Fsp3) is 0.583. The van der Waals surface area contributed by atoms with Gasteiger partial charge in [-0.25, -0.2) is 4.98 Å². The molecule has 1 heterocycles. The molecule has 1 aromatic rings. The van der Waals surface area contributed by atoms with Crippen molar-refractivity contribution in [2.75, 3.05) is 5.32 Å². The molecule has 0 saturated heterocycles. The van der Waals surface area contributed by atoms with E-state index in [0.717, 1.165) is 20.7 Å². The molecular formula is C12H16Br2N2. The van der Waals surface area contributed by atoms with Crippen LogP contribution < -0.4 is 5.32 Å². The van der Waals surface area contributed by atoms with Crippen molar-refractivity contribution in [1.82, 2.24) is 4.98 Å². The summed E-state index contributed by atoms with van der Waals surface area (Å²) in [6.07, 6.45) is 7.11. The van der Waals surface area contributed by atoms with Crippen LogP contribution in [0.5, 0.6) is 0 Å². The zero-order valence-electron chi connectivity index (χ0n) is 9.34. The van der Waals surface area contributed by atoms with E-state index in [-0.39, 0.29) is 0 Å². The van der Waals surface area contributed by atoms with Gasteiger partial charge in [-0.2, -0.15) is 0 Å². The Labute approximate surface area is 113 Å². The van der Waals surface area contributed by atoms with Gasteiger partial charge in [0.25, 0.3) is 0 Å². The van der Waals surface area contributed by atoms with E-state index in [1.807, 2.05) is 12.3 Å². The average molecular weight is 348 g/mol. The Bertz CT molecular complexity index is 368. The van der Waals surface area contributed by atoms with Crippen LogP contribution in [0.15, 0.2) is 21.2 Å². The Hall–Kier alpha value is -0.0900. The molecule has 2 nitrogen and oxygen atoms in total. The zero-order chi connectivity index (χ0) is 11.5. The van der Waals surface area contributed by atoms with E-state index in [2.05, 4.69) is 49.1 Å². The Kier molecular flexibility index (Phi) is 4.25. The van der Waals surface area contributed by atoms with Crippen molar-refractivity contribution in [2.24, 2.45) is 5.92 Å². The molecule has 1 aliphatic rings.